The molecule has 2 fully saturated rings. The predicted octanol–water partition coefficient (Wildman–Crippen LogP) is 1.44. The topological polar surface area (TPSA) is 77.3 Å². The van der Waals surface area contributed by atoms with E-state index in [1.54, 1.807) is 24.0 Å². The van der Waals surface area contributed by atoms with E-state index in [1.807, 2.05) is 16.7 Å². The molecule has 0 aromatic carbocycles. The van der Waals surface area contributed by atoms with Gasteiger partial charge in [0.25, 0.3) is 5.91 Å². The van der Waals surface area contributed by atoms with Crippen LogP contribution in [0.25, 0.3) is 0 Å². The van der Waals surface area contributed by atoms with Gasteiger partial charge in [0.1, 0.15) is 17.8 Å². The summed E-state index contributed by atoms with van der Waals surface area (Å²) in [5.41, 5.74) is 1.31. The molecule has 24 heavy (non-hydrogen) atoms. The fourth-order valence-electron chi connectivity index (χ4n) is 3.21. The lowest BCUT2D eigenvalue weighted by Gasteiger charge is -2.32. The van der Waals surface area contributed by atoms with Crippen molar-refractivity contribution in [2.45, 2.75) is 25.8 Å². The SMILES string of the molecule is Cc1nc(C(=O)N2CCCC2C(=O)N2CCSCC2)ccc1C#N. The van der Waals surface area contributed by atoms with Crippen LogP contribution in [0.4, 0.5) is 0 Å². The van der Waals surface area contributed by atoms with E-state index in [9.17, 15) is 9.59 Å². The number of rotatable bonds is 2. The number of nitrogens with zero attached hydrogens (tertiary/aromatic N) is 4. The van der Waals surface area contributed by atoms with E-state index in [0.29, 0.717) is 29.9 Å². The second kappa shape index (κ2) is 7.22. The van der Waals surface area contributed by atoms with Crippen LogP contribution >= 0.6 is 11.8 Å². The minimum atomic E-state index is -0.377. The van der Waals surface area contributed by atoms with Crippen molar-refractivity contribution < 1.29 is 9.59 Å². The third-order valence-corrected chi connectivity index (χ3v) is 5.49. The Morgan fingerprint density at radius 3 is 2.71 bits per heavy atom. The van der Waals surface area contributed by atoms with Crippen molar-refractivity contribution in [3.05, 3.63) is 29.1 Å². The zero-order chi connectivity index (χ0) is 17.1. The highest BCUT2D eigenvalue weighted by molar-refractivity contribution is 7.99. The molecule has 3 heterocycles. The van der Waals surface area contributed by atoms with Gasteiger partial charge in [0.2, 0.25) is 5.91 Å². The number of likely N-dealkylation sites (tertiary alicyclic amines) is 1. The van der Waals surface area contributed by atoms with Crippen LogP contribution in [0.5, 0.6) is 0 Å². The lowest BCUT2D eigenvalue weighted by molar-refractivity contribution is -0.134. The van der Waals surface area contributed by atoms with Gasteiger partial charge in [-0.3, -0.25) is 9.59 Å². The molecule has 126 valence electrons. The Morgan fingerprint density at radius 1 is 1.29 bits per heavy atom. The van der Waals surface area contributed by atoms with Gasteiger partial charge in [-0.25, -0.2) is 4.98 Å². The first-order valence-corrected chi connectivity index (χ1v) is 9.32. The van der Waals surface area contributed by atoms with E-state index in [2.05, 4.69) is 11.1 Å². The van der Waals surface area contributed by atoms with Gasteiger partial charge < -0.3 is 9.80 Å². The first-order valence-electron chi connectivity index (χ1n) is 8.17. The molecule has 0 spiro atoms. The number of carbonyl (C=O) groups is 2. The van der Waals surface area contributed by atoms with Crippen LogP contribution in [0.2, 0.25) is 0 Å². The number of amides is 2. The maximum Gasteiger partial charge on any atom is 0.273 e. The van der Waals surface area contributed by atoms with Crippen molar-refractivity contribution >= 4 is 23.6 Å². The molecule has 2 saturated heterocycles. The summed E-state index contributed by atoms with van der Waals surface area (Å²) in [6, 6.07) is 4.86. The van der Waals surface area contributed by atoms with Gasteiger partial charge in [0.15, 0.2) is 0 Å². The van der Waals surface area contributed by atoms with Gasteiger partial charge in [-0.1, -0.05) is 0 Å². The van der Waals surface area contributed by atoms with E-state index in [4.69, 9.17) is 5.26 Å². The molecule has 0 saturated carbocycles. The van der Waals surface area contributed by atoms with Crippen LogP contribution in [-0.4, -0.2) is 63.8 Å². The summed E-state index contributed by atoms with van der Waals surface area (Å²) in [4.78, 5) is 33.4. The molecule has 6 nitrogen and oxygen atoms in total. The number of pyridine rings is 1. The molecule has 0 bridgehead atoms. The van der Waals surface area contributed by atoms with Crippen molar-refractivity contribution in [2.24, 2.45) is 0 Å². The number of aromatic nitrogens is 1. The fourth-order valence-corrected chi connectivity index (χ4v) is 4.11. The summed E-state index contributed by atoms with van der Waals surface area (Å²) in [6.45, 7) is 3.82. The standard InChI is InChI=1S/C17H20N4O2S/c1-12-13(11-18)4-5-14(19-12)16(22)21-6-2-3-15(21)17(23)20-7-9-24-10-8-20/h4-5,15H,2-3,6-10H2,1H3. The third kappa shape index (κ3) is 3.24. The van der Waals surface area contributed by atoms with E-state index >= 15 is 0 Å². The quantitative estimate of drug-likeness (QED) is 0.811. The van der Waals surface area contributed by atoms with Gasteiger partial charge in [0.05, 0.1) is 11.3 Å². The van der Waals surface area contributed by atoms with Crippen LogP contribution in [0, 0.1) is 18.3 Å². The smallest absolute Gasteiger partial charge is 0.273 e. The van der Waals surface area contributed by atoms with Gasteiger partial charge in [-0.15, -0.1) is 0 Å². The molecule has 3 rings (SSSR count). The van der Waals surface area contributed by atoms with E-state index in [0.717, 1.165) is 31.0 Å². The Labute approximate surface area is 145 Å². The molecule has 0 radical (unpaired) electrons. The summed E-state index contributed by atoms with van der Waals surface area (Å²) in [6.07, 6.45) is 1.55. The van der Waals surface area contributed by atoms with Crippen LogP contribution in [-0.2, 0) is 4.79 Å². The molecule has 0 N–H and O–H groups in total. The first kappa shape index (κ1) is 16.8. The van der Waals surface area contributed by atoms with E-state index in [1.165, 1.54) is 0 Å². The highest BCUT2D eigenvalue weighted by atomic mass is 32.2. The molecular weight excluding hydrogens is 324 g/mol. The zero-order valence-corrected chi connectivity index (χ0v) is 14.5. The van der Waals surface area contributed by atoms with Crippen LogP contribution in [0.15, 0.2) is 12.1 Å². The number of hydrogen-bond donors (Lipinski definition) is 0. The maximum absolute atomic E-state index is 12.8. The molecule has 1 unspecified atom stereocenters. The molecule has 2 aliphatic rings. The second-order valence-corrected chi connectivity index (χ2v) is 7.26. The van der Waals surface area contributed by atoms with Crippen molar-refractivity contribution in [3.63, 3.8) is 0 Å². The van der Waals surface area contributed by atoms with E-state index in [-0.39, 0.29) is 17.9 Å². The largest absolute Gasteiger partial charge is 0.339 e. The minimum absolute atomic E-state index is 0.0616. The Balaban J connectivity index is 1.77. The van der Waals surface area contributed by atoms with Gasteiger partial charge in [-0.05, 0) is 31.9 Å². The number of aryl methyl sites for hydroxylation is 1. The Hall–Kier alpha value is -2.07. The summed E-state index contributed by atoms with van der Waals surface area (Å²) >= 11 is 1.86. The van der Waals surface area contributed by atoms with E-state index < -0.39 is 0 Å². The Morgan fingerprint density at radius 2 is 2.04 bits per heavy atom. The van der Waals surface area contributed by atoms with Crippen molar-refractivity contribution in [1.29, 1.82) is 5.26 Å². The average molecular weight is 344 g/mol. The van der Waals surface area contributed by atoms with Crippen molar-refractivity contribution in [3.8, 4) is 6.07 Å². The maximum atomic E-state index is 12.8. The van der Waals surface area contributed by atoms with Crippen LogP contribution in [0.1, 0.15) is 34.6 Å². The number of hydrogen-bond acceptors (Lipinski definition) is 5. The number of carbonyl (C=O) groups excluding carboxylic acids is 2. The predicted molar refractivity (Wildman–Crippen MR) is 91.7 cm³/mol. The molecule has 2 amide bonds. The highest BCUT2D eigenvalue weighted by Gasteiger charge is 2.37. The molecule has 0 aliphatic carbocycles. The Kier molecular flexibility index (Phi) is 5.05. The van der Waals surface area contributed by atoms with Crippen molar-refractivity contribution in [2.75, 3.05) is 31.1 Å². The fraction of sp³-hybridized carbons (Fsp3) is 0.529. The molecule has 1 aromatic rings. The number of thioether (sulfide) groups is 1. The van der Waals surface area contributed by atoms with Crippen LogP contribution in [0.3, 0.4) is 0 Å². The van der Waals surface area contributed by atoms with Gasteiger partial charge in [0, 0.05) is 31.1 Å². The summed E-state index contributed by atoms with van der Waals surface area (Å²) < 4.78 is 0. The average Bonchev–Trinajstić information content (AvgIpc) is 3.10. The lowest BCUT2D eigenvalue weighted by Crippen LogP contribution is -2.50. The lowest BCUT2D eigenvalue weighted by atomic mass is 10.1. The molecule has 1 atom stereocenters. The third-order valence-electron chi connectivity index (χ3n) is 4.55. The second-order valence-electron chi connectivity index (χ2n) is 6.04. The van der Waals surface area contributed by atoms with Gasteiger partial charge >= 0.3 is 0 Å². The minimum Gasteiger partial charge on any atom is -0.339 e. The Bertz CT molecular complexity index is 694. The molecular formula is C17H20N4O2S. The molecule has 7 heteroatoms. The highest BCUT2D eigenvalue weighted by Crippen LogP contribution is 2.23. The summed E-state index contributed by atoms with van der Waals surface area (Å²) in [5, 5.41) is 8.98. The zero-order valence-electron chi connectivity index (χ0n) is 13.7. The summed E-state index contributed by atoms with van der Waals surface area (Å²) in [5.74, 6) is 1.77. The first-order chi connectivity index (χ1) is 11.6. The van der Waals surface area contributed by atoms with Gasteiger partial charge in [-0.2, -0.15) is 17.0 Å². The number of nitriles is 1. The van der Waals surface area contributed by atoms with Crippen molar-refractivity contribution in [1.82, 2.24) is 14.8 Å². The van der Waals surface area contributed by atoms with Crippen LogP contribution < -0.4 is 0 Å². The molecule has 1 aromatic heterocycles. The monoisotopic (exact) mass is 344 g/mol. The molecule has 2 aliphatic heterocycles. The normalized spacial score (nSPS) is 20.8. The summed E-state index contributed by atoms with van der Waals surface area (Å²) in [7, 11) is 0.